The minimum atomic E-state index is -2.33. The summed E-state index contributed by atoms with van der Waals surface area (Å²) in [4.78, 5) is 29.9. The summed E-state index contributed by atoms with van der Waals surface area (Å²) in [7, 11) is 4.58. The molecule has 2 spiro atoms. The number of aliphatic hydroxyl groups is 4. The van der Waals surface area contributed by atoms with E-state index in [0.717, 1.165) is 34.7 Å². The number of allylic oxidation sites excluding steroid dienone is 1. The van der Waals surface area contributed by atoms with Gasteiger partial charge in [-0.25, -0.2) is 4.79 Å². The average Bonchev–Trinajstić information content (AvgIpc) is 3.68. The second-order valence-electron chi connectivity index (χ2n) is 20.8. The van der Waals surface area contributed by atoms with Crippen molar-refractivity contribution in [3.05, 3.63) is 58.3 Å². The molecule has 1 aromatic rings. The molecule has 6 heterocycles. The van der Waals surface area contributed by atoms with Crippen molar-refractivity contribution in [1.29, 1.82) is 0 Å². The molecule has 6 fully saturated rings. The molecule has 6 N–H and O–H groups in total. The molecule has 11 bridgehead atoms. The van der Waals surface area contributed by atoms with Gasteiger partial charge in [0.05, 0.1) is 31.6 Å². The van der Waals surface area contributed by atoms with Crippen LogP contribution in [0.1, 0.15) is 102 Å². The topological polar surface area (TPSA) is 197 Å². The van der Waals surface area contributed by atoms with E-state index in [1.54, 1.807) is 27.7 Å². The first-order valence-electron chi connectivity index (χ1n) is 23.8. The van der Waals surface area contributed by atoms with Crippen LogP contribution in [-0.4, -0.2) is 121 Å². The Morgan fingerprint density at radius 3 is 2.69 bits per heavy atom. The lowest BCUT2D eigenvalue weighted by Crippen LogP contribution is -2.97. The second-order valence-corrected chi connectivity index (χ2v) is 23.3. The highest BCUT2D eigenvalue weighted by atomic mass is 33.1. The Bertz CT molecular complexity index is 2310. The van der Waals surface area contributed by atoms with E-state index < -0.39 is 75.5 Å². The first kappa shape index (κ1) is 43.9. The fraction of sp³-hybridized carbons (Fsp3) is 0.714. The SMILES string of the molecule is COC(=O)C1=C[C@H]2[C@H]3CC=C[C@@H]([C@@H]2O[C@@]24O[C@]5(COCCC3)[C@@]3(C=C[C@@]6(O)[C@]2(O)CCC2=c7cc([C@H](C)C8CCCCC8)[nH]c7=C(C[C@@H](CO)CSSC3)O[C@@]265)C[C@H]4O)[C@@H]1CC(=O)O. The molecule has 10 aliphatic rings. The van der Waals surface area contributed by atoms with Gasteiger partial charge >= 0.3 is 11.9 Å². The van der Waals surface area contributed by atoms with Crippen molar-refractivity contribution in [3.63, 3.8) is 0 Å². The van der Waals surface area contributed by atoms with Gasteiger partial charge in [-0.3, -0.25) is 4.79 Å². The summed E-state index contributed by atoms with van der Waals surface area (Å²) < 4.78 is 35.2. The summed E-state index contributed by atoms with van der Waals surface area (Å²) in [5.41, 5.74) is -6.79. The number of hydrogen-bond acceptors (Lipinski definition) is 13. The normalized spacial score (nSPS) is 45.1. The van der Waals surface area contributed by atoms with Crippen LogP contribution in [0.2, 0.25) is 0 Å². The van der Waals surface area contributed by atoms with Crippen LogP contribution in [0, 0.1) is 40.9 Å². The molecule has 5 aliphatic heterocycles. The van der Waals surface area contributed by atoms with Crippen molar-refractivity contribution in [1.82, 2.24) is 4.98 Å². The summed E-state index contributed by atoms with van der Waals surface area (Å²) in [6, 6.07) is 2.25. The number of carboxylic acids is 1. The molecule has 0 unspecified atom stereocenters. The Morgan fingerprint density at radius 1 is 1.08 bits per heavy atom. The third-order valence-corrected chi connectivity index (χ3v) is 20.5. The lowest BCUT2D eigenvalue weighted by molar-refractivity contribution is -0.520. The molecule has 348 valence electrons. The van der Waals surface area contributed by atoms with Crippen LogP contribution in [-0.2, 0) is 33.3 Å². The van der Waals surface area contributed by atoms with E-state index >= 15 is 0 Å². The molecule has 2 saturated carbocycles. The van der Waals surface area contributed by atoms with Crippen molar-refractivity contribution >= 4 is 44.9 Å². The van der Waals surface area contributed by atoms with Crippen LogP contribution in [0.15, 0.2) is 42.0 Å². The smallest absolute Gasteiger partial charge is 0.333 e. The van der Waals surface area contributed by atoms with E-state index in [4.69, 9.17) is 23.7 Å². The quantitative estimate of drug-likeness (QED) is 0.134. The first-order chi connectivity index (χ1) is 30.8. The fourth-order valence-electron chi connectivity index (χ4n) is 14.6. The average molecular weight is 922 g/mol. The molecular formula is C49H63NO12S2. The largest absolute Gasteiger partial charge is 0.481 e. The first-order valence-corrected chi connectivity index (χ1v) is 26.3. The van der Waals surface area contributed by atoms with Gasteiger partial charge in [-0.15, -0.1) is 0 Å². The number of ether oxygens (including phenoxy) is 5. The maximum Gasteiger partial charge on any atom is 0.333 e. The van der Waals surface area contributed by atoms with Gasteiger partial charge in [0.1, 0.15) is 11.9 Å². The number of aromatic nitrogens is 1. The van der Waals surface area contributed by atoms with E-state index in [1.807, 2.05) is 24.3 Å². The number of esters is 1. The van der Waals surface area contributed by atoms with E-state index in [9.17, 15) is 35.1 Å². The molecule has 15 heteroatoms. The Labute approximate surface area is 381 Å². The number of carboxylic acid groups (broad SMARTS) is 1. The van der Waals surface area contributed by atoms with Gasteiger partial charge in [0.15, 0.2) is 22.4 Å². The van der Waals surface area contributed by atoms with Crippen molar-refractivity contribution in [2.24, 2.45) is 40.9 Å². The van der Waals surface area contributed by atoms with E-state index in [-0.39, 0.29) is 62.2 Å². The van der Waals surface area contributed by atoms with Crippen LogP contribution in [0.4, 0.5) is 0 Å². The molecule has 11 rings (SSSR count). The number of aromatic amines is 1. The number of carbonyl (C=O) groups is 2. The number of aliphatic carboxylic acids is 1. The molecule has 0 radical (unpaired) electrons. The molecule has 4 saturated heterocycles. The molecule has 0 aromatic carbocycles. The van der Waals surface area contributed by atoms with Crippen LogP contribution < -0.4 is 10.6 Å². The van der Waals surface area contributed by atoms with Crippen LogP contribution in [0.3, 0.4) is 0 Å². The Morgan fingerprint density at radius 2 is 1.91 bits per heavy atom. The lowest BCUT2D eigenvalue weighted by Gasteiger charge is -2.79. The van der Waals surface area contributed by atoms with Gasteiger partial charge < -0.3 is 54.2 Å². The highest BCUT2D eigenvalue weighted by Gasteiger charge is 2.93. The number of carbonyl (C=O) groups excluding carboxylic acids is 1. The monoisotopic (exact) mass is 921 g/mol. The molecular weight excluding hydrogens is 859 g/mol. The van der Waals surface area contributed by atoms with Crippen molar-refractivity contribution < 1.29 is 58.8 Å². The van der Waals surface area contributed by atoms with E-state index in [1.165, 1.54) is 26.4 Å². The zero-order valence-electron chi connectivity index (χ0n) is 36.8. The minimum absolute atomic E-state index is 0.0431. The molecule has 0 amide bonds. The van der Waals surface area contributed by atoms with Gasteiger partial charge in [-0.1, -0.05) is 72.1 Å². The van der Waals surface area contributed by atoms with Crippen molar-refractivity contribution in [3.8, 4) is 0 Å². The van der Waals surface area contributed by atoms with Crippen LogP contribution in [0.25, 0.3) is 11.3 Å². The highest BCUT2D eigenvalue weighted by molar-refractivity contribution is 8.76. The standard InChI is InChI=1S/C49H63NO12S2/c1-27(29-8-4-3-5-9-29)37-20-35-36-13-14-46(57)45(56)16-15-44-22-39(52)49(46)61-42-31-12-6-10-30(32(42)19-34(43(55)58-2)33(31)21-40(53)54)11-7-17-59-25-47(44,62-49)48(36,45)60-38(41(35)50-37)18-28(23-51)24-63-64-26-44/h6,12,15-16,19-20,27-33,39,42,50-52,56-57H,3-5,7-11,13-14,17-18,21-26H2,1-2H3,(H,53,54)/t27-,28+,30+,31-,32+,33+,39-,42+,44+,45-,46-,47-,48+,49+/m1/s1. The number of methoxy groups -OCH3 is 1. The van der Waals surface area contributed by atoms with Gasteiger partial charge in [0.2, 0.25) is 5.79 Å². The van der Waals surface area contributed by atoms with Gasteiger partial charge in [0, 0.05) is 70.8 Å². The number of aliphatic hydroxyl groups excluding tert-OH is 2. The molecule has 1 aromatic heterocycles. The predicted octanol–water partition coefficient (Wildman–Crippen LogP) is 4.37. The zero-order valence-corrected chi connectivity index (χ0v) is 38.4. The van der Waals surface area contributed by atoms with E-state index in [0.29, 0.717) is 55.5 Å². The number of hydrogen-bond donors (Lipinski definition) is 6. The van der Waals surface area contributed by atoms with Gasteiger partial charge in [0.25, 0.3) is 0 Å². The second kappa shape index (κ2) is 15.7. The summed E-state index contributed by atoms with van der Waals surface area (Å²) in [6.07, 6.45) is 15.4. The Balaban J connectivity index is 1.16. The maximum absolute atomic E-state index is 14.3. The van der Waals surface area contributed by atoms with Gasteiger partial charge in [-0.05, 0) is 92.8 Å². The van der Waals surface area contributed by atoms with E-state index in [2.05, 4.69) is 18.0 Å². The fourth-order valence-corrected chi connectivity index (χ4v) is 17.6. The summed E-state index contributed by atoms with van der Waals surface area (Å²) in [6.45, 7) is 2.53. The number of nitrogens with one attached hydrogen (secondary N) is 1. The number of rotatable bonds is 6. The van der Waals surface area contributed by atoms with Crippen LogP contribution >= 0.6 is 21.6 Å². The highest BCUT2D eigenvalue weighted by Crippen LogP contribution is 2.76. The lowest BCUT2D eigenvalue weighted by atomic mass is 9.39. The third kappa shape index (κ3) is 5.77. The molecule has 14 atom stereocenters. The maximum atomic E-state index is 14.3. The van der Waals surface area contributed by atoms with Crippen molar-refractivity contribution in [2.75, 3.05) is 38.4 Å². The predicted molar refractivity (Wildman–Crippen MR) is 239 cm³/mol. The third-order valence-electron chi connectivity index (χ3n) is 17.9. The zero-order chi connectivity index (χ0) is 44.4. The number of H-pyrrole nitrogens is 1. The molecule has 13 nitrogen and oxygen atoms in total. The molecule has 64 heavy (non-hydrogen) atoms. The summed E-state index contributed by atoms with van der Waals surface area (Å²) in [5.74, 6) is -3.80. The number of fused-ring (bicyclic) bond motifs is 2. The summed E-state index contributed by atoms with van der Waals surface area (Å²) in [5, 5.41) is 64.3. The Hall–Kier alpha value is -2.60. The Kier molecular flexibility index (Phi) is 10.8. The van der Waals surface area contributed by atoms with Crippen LogP contribution in [0.5, 0.6) is 0 Å². The van der Waals surface area contributed by atoms with Gasteiger partial charge in [-0.2, -0.15) is 0 Å². The van der Waals surface area contributed by atoms with Crippen molar-refractivity contribution in [2.45, 2.75) is 137 Å². The minimum Gasteiger partial charge on any atom is -0.481 e. The molecule has 5 aliphatic carbocycles. The summed E-state index contributed by atoms with van der Waals surface area (Å²) >= 11 is 0.